The van der Waals surface area contributed by atoms with Gasteiger partial charge in [-0.1, -0.05) is 0 Å². The summed E-state index contributed by atoms with van der Waals surface area (Å²) >= 11 is 0. The zero-order valence-electron chi connectivity index (χ0n) is 20.2. The number of nitrogens with one attached hydrogen (secondary N) is 1. The Morgan fingerprint density at radius 2 is 1.84 bits per heavy atom. The van der Waals surface area contributed by atoms with Crippen LogP contribution in [0.15, 0.2) is 40.6 Å². The zero-order chi connectivity index (χ0) is 27.2. The number of rotatable bonds is 5. The van der Waals surface area contributed by atoms with Gasteiger partial charge in [0, 0.05) is 45.8 Å². The van der Waals surface area contributed by atoms with Crippen LogP contribution in [0.3, 0.4) is 0 Å². The van der Waals surface area contributed by atoms with Gasteiger partial charge in [-0.2, -0.15) is 13.2 Å². The lowest BCUT2D eigenvalue weighted by Gasteiger charge is -2.17. The average Bonchev–Trinajstić information content (AvgIpc) is 3.55. The molecular formula is C22H21F3N10O3. The molecule has 16 heteroatoms. The molecule has 0 aromatic carbocycles. The number of halogens is 3. The number of fused-ring (bicyclic) bond motifs is 1. The monoisotopic (exact) mass is 530 g/mol. The number of carbonyl (C=O) groups is 1. The van der Waals surface area contributed by atoms with Crippen molar-refractivity contribution < 1.29 is 18.0 Å². The summed E-state index contributed by atoms with van der Waals surface area (Å²) in [5.74, 6) is -1.38. The summed E-state index contributed by atoms with van der Waals surface area (Å²) < 4.78 is 42.4. The Morgan fingerprint density at radius 3 is 2.53 bits per heavy atom. The van der Waals surface area contributed by atoms with Gasteiger partial charge in [-0.05, 0) is 12.5 Å². The van der Waals surface area contributed by atoms with Gasteiger partial charge < -0.3 is 14.8 Å². The van der Waals surface area contributed by atoms with Gasteiger partial charge >= 0.3 is 11.9 Å². The van der Waals surface area contributed by atoms with Crippen LogP contribution < -0.4 is 21.5 Å². The first-order chi connectivity index (χ1) is 18.0. The molecule has 0 radical (unpaired) electrons. The maximum atomic E-state index is 13.0. The van der Waals surface area contributed by atoms with Crippen molar-refractivity contribution >= 4 is 28.8 Å². The van der Waals surface area contributed by atoms with Crippen LogP contribution in [0.25, 0.3) is 22.6 Å². The average molecular weight is 530 g/mol. The second-order valence-corrected chi connectivity index (χ2v) is 8.81. The van der Waals surface area contributed by atoms with Gasteiger partial charge in [-0.3, -0.25) is 18.7 Å². The number of anilines is 2. The maximum absolute atomic E-state index is 13.0. The molecule has 5 rings (SSSR count). The van der Waals surface area contributed by atoms with Crippen molar-refractivity contribution in [2.45, 2.75) is 19.1 Å². The molecule has 198 valence electrons. The lowest BCUT2D eigenvalue weighted by atomic mass is 10.1. The Hall–Kier alpha value is -4.63. The molecule has 1 aliphatic heterocycles. The van der Waals surface area contributed by atoms with Crippen molar-refractivity contribution in [3.05, 3.63) is 51.8 Å². The minimum atomic E-state index is -4.26. The summed E-state index contributed by atoms with van der Waals surface area (Å²) in [4.78, 5) is 59.7. The Labute approximate surface area is 211 Å². The second-order valence-electron chi connectivity index (χ2n) is 8.81. The molecule has 1 amide bonds. The molecule has 1 unspecified atom stereocenters. The molecule has 1 N–H and O–H groups in total. The van der Waals surface area contributed by atoms with E-state index in [-0.39, 0.29) is 54.8 Å². The van der Waals surface area contributed by atoms with Crippen molar-refractivity contribution in [2.24, 2.45) is 20.0 Å². The topological polar surface area (TPSA) is 146 Å². The Balaban J connectivity index is 1.29. The molecule has 5 heterocycles. The molecule has 4 aromatic heterocycles. The van der Waals surface area contributed by atoms with Crippen LogP contribution in [-0.2, 0) is 25.4 Å². The van der Waals surface area contributed by atoms with E-state index in [9.17, 15) is 27.6 Å². The summed E-state index contributed by atoms with van der Waals surface area (Å²) in [5.41, 5.74) is -0.453. The van der Waals surface area contributed by atoms with Crippen molar-refractivity contribution in [1.82, 2.24) is 38.6 Å². The fraction of sp³-hybridized carbons (Fsp3) is 0.364. The standard InChI is InChI=1S/C22H21F3N10O3/c1-32-18-16(19(37)33(2)21(32)38)35(11-29-18)10-15(36)30-14-3-5-26-17(31-14)12-7-27-20(28-8-12)34-6-4-13(9-34)22(23,24)25/h3,5,7-8,11,13H,4,6,9-10H2,1-2H3,(H,26,30,31,36). The zero-order valence-corrected chi connectivity index (χ0v) is 20.2. The minimum Gasteiger partial charge on any atom is -0.340 e. The SMILES string of the molecule is Cn1c(=O)c2c(ncn2CC(=O)Nc2ccnc(-c3cnc(N4CCC(C(F)(F)F)C4)nc3)n2)n(C)c1=O. The number of hydrogen-bond donors (Lipinski definition) is 1. The van der Waals surface area contributed by atoms with E-state index in [0.29, 0.717) is 5.56 Å². The number of alkyl halides is 3. The van der Waals surface area contributed by atoms with Gasteiger partial charge in [0.15, 0.2) is 17.0 Å². The van der Waals surface area contributed by atoms with Crippen LogP contribution in [0, 0.1) is 5.92 Å². The number of nitrogens with zero attached hydrogens (tertiary/aromatic N) is 9. The summed E-state index contributed by atoms with van der Waals surface area (Å²) in [7, 11) is 2.81. The number of hydrogen-bond acceptors (Lipinski definition) is 9. The molecule has 13 nitrogen and oxygen atoms in total. The number of amides is 1. The van der Waals surface area contributed by atoms with Crippen molar-refractivity contribution in [2.75, 3.05) is 23.3 Å². The highest BCUT2D eigenvalue weighted by molar-refractivity contribution is 5.90. The fourth-order valence-corrected chi connectivity index (χ4v) is 4.23. The maximum Gasteiger partial charge on any atom is 0.393 e. The van der Waals surface area contributed by atoms with Gasteiger partial charge in [0.2, 0.25) is 11.9 Å². The Kier molecular flexibility index (Phi) is 6.16. The van der Waals surface area contributed by atoms with Gasteiger partial charge in [0.05, 0.1) is 17.8 Å². The van der Waals surface area contributed by atoms with Gasteiger partial charge in [-0.15, -0.1) is 0 Å². The molecule has 4 aromatic rings. The smallest absolute Gasteiger partial charge is 0.340 e. The van der Waals surface area contributed by atoms with Crippen LogP contribution >= 0.6 is 0 Å². The van der Waals surface area contributed by atoms with E-state index in [1.54, 1.807) is 0 Å². The molecule has 38 heavy (non-hydrogen) atoms. The first kappa shape index (κ1) is 25.0. The largest absolute Gasteiger partial charge is 0.393 e. The highest BCUT2D eigenvalue weighted by Crippen LogP contribution is 2.34. The minimum absolute atomic E-state index is 0.0129. The summed E-state index contributed by atoms with van der Waals surface area (Å²) in [5, 5.41) is 2.62. The third kappa shape index (κ3) is 4.59. The van der Waals surface area contributed by atoms with E-state index in [1.807, 2.05) is 0 Å². The predicted molar refractivity (Wildman–Crippen MR) is 128 cm³/mol. The summed E-state index contributed by atoms with van der Waals surface area (Å²) in [6, 6.07) is 1.47. The van der Waals surface area contributed by atoms with Crippen molar-refractivity contribution in [3.63, 3.8) is 0 Å². The van der Waals surface area contributed by atoms with Crippen LogP contribution in [0.1, 0.15) is 6.42 Å². The normalized spacial score (nSPS) is 15.8. The highest BCUT2D eigenvalue weighted by Gasteiger charge is 2.44. The molecule has 0 spiro atoms. The second kappa shape index (κ2) is 9.35. The molecule has 1 saturated heterocycles. The molecule has 1 fully saturated rings. The highest BCUT2D eigenvalue weighted by atomic mass is 19.4. The number of imidazole rings is 1. The van der Waals surface area contributed by atoms with Crippen LogP contribution in [0.5, 0.6) is 0 Å². The lowest BCUT2D eigenvalue weighted by Crippen LogP contribution is -2.37. The molecule has 1 atom stereocenters. The third-order valence-electron chi connectivity index (χ3n) is 6.28. The third-order valence-corrected chi connectivity index (χ3v) is 6.28. The Bertz CT molecular complexity index is 1640. The Morgan fingerprint density at radius 1 is 1.11 bits per heavy atom. The molecular weight excluding hydrogens is 509 g/mol. The fourth-order valence-electron chi connectivity index (χ4n) is 4.23. The van der Waals surface area contributed by atoms with E-state index in [2.05, 4.69) is 30.2 Å². The number of aromatic nitrogens is 8. The van der Waals surface area contributed by atoms with Gasteiger partial charge in [0.1, 0.15) is 12.4 Å². The summed E-state index contributed by atoms with van der Waals surface area (Å²) in [6.45, 7) is -0.262. The van der Waals surface area contributed by atoms with E-state index < -0.39 is 29.3 Å². The molecule has 1 aliphatic rings. The quantitative estimate of drug-likeness (QED) is 0.394. The molecule has 0 bridgehead atoms. The molecule has 0 aliphatic carbocycles. The number of aryl methyl sites for hydroxylation is 1. The predicted octanol–water partition coefficient (Wildman–Crippen LogP) is 0.708. The van der Waals surface area contributed by atoms with E-state index in [0.717, 1.165) is 4.57 Å². The van der Waals surface area contributed by atoms with Crippen molar-refractivity contribution in [1.29, 1.82) is 0 Å². The van der Waals surface area contributed by atoms with Crippen LogP contribution in [0.4, 0.5) is 24.9 Å². The first-order valence-electron chi connectivity index (χ1n) is 11.4. The van der Waals surface area contributed by atoms with Gasteiger partial charge in [-0.25, -0.2) is 29.7 Å². The van der Waals surface area contributed by atoms with Gasteiger partial charge in [0.25, 0.3) is 5.56 Å². The number of carbonyl (C=O) groups excluding carboxylic acids is 1. The first-order valence-corrected chi connectivity index (χ1v) is 11.4. The van der Waals surface area contributed by atoms with Crippen LogP contribution in [-0.4, -0.2) is 63.8 Å². The van der Waals surface area contributed by atoms with E-state index in [4.69, 9.17) is 0 Å². The summed E-state index contributed by atoms with van der Waals surface area (Å²) in [6.07, 6.45) is 1.25. The molecule has 0 saturated carbocycles. The van der Waals surface area contributed by atoms with Crippen LogP contribution in [0.2, 0.25) is 0 Å². The lowest BCUT2D eigenvalue weighted by molar-refractivity contribution is -0.168. The van der Waals surface area contributed by atoms with E-state index >= 15 is 0 Å². The van der Waals surface area contributed by atoms with Crippen molar-refractivity contribution in [3.8, 4) is 11.4 Å². The van der Waals surface area contributed by atoms with E-state index in [1.165, 1.54) is 59.1 Å².